The molecule has 0 saturated carbocycles. The Bertz CT molecular complexity index is 1140. The zero-order chi connectivity index (χ0) is 35.6. The van der Waals surface area contributed by atoms with Crippen LogP contribution in [0.2, 0.25) is 0 Å². The Kier molecular flexibility index (Phi) is 34.4. The van der Waals surface area contributed by atoms with E-state index in [4.69, 9.17) is 10.5 Å². The predicted octanol–water partition coefficient (Wildman–Crippen LogP) is 7.94. The molecule has 1 atom stereocenters. The maximum Gasteiger partial charge on any atom is 0.220 e. The van der Waals surface area contributed by atoms with Gasteiger partial charge < -0.3 is 26.9 Å². The molecule has 0 bridgehead atoms. The molecule has 0 aromatic heterocycles. The van der Waals surface area contributed by atoms with Gasteiger partial charge in [0.2, 0.25) is 5.91 Å². The van der Waals surface area contributed by atoms with E-state index in [1.165, 1.54) is 44.0 Å². The first-order valence-electron chi connectivity index (χ1n) is 16.0. The molecule has 0 aliphatic carbocycles. The van der Waals surface area contributed by atoms with Crippen molar-refractivity contribution in [2.45, 2.75) is 72.1 Å². The van der Waals surface area contributed by atoms with Gasteiger partial charge in [0.1, 0.15) is 6.29 Å². The third kappa shape index (κ3) is 25.4. The Hall–Kier alpha value is -3.88. The number of primary amides is 1. The third-order valence-electron chi connectivity index (χ3n) is 5.82. The fourth-order valence-electron chi connectivity index (χ4n) is 3.56. The van der Waals surface area contributed by atoms with Gasteiger partial charge in [-0.2, -0.15) is 0 Å². The monoisotopic (exact) mass is 652 g/mol. The maximum absolute atomic E-state index is 12.3. The third-order valence-corrected chi connectivity index (χ3v) is 6.57. The molecule has 1 fully saturated rings. The van der Waals surface area contributed by atoms with Gasteiger partial charge in [-0.05, 0) is 87.1 Å². The molecular weight excluding hydrogens is 593 g/mol. The van der Waals surface area contributed by atoms with Gasteiger partial charge in [-0.1, -0.05) is 95.8 Å². The van der Waals surface area contributed by atoms with Gasteiger partial charge in [0.15, 0.2) is 5.78 Å². The standard InChI is InChI=1S/C19H22N2O2.C7H8S.C4H9N.C2H5N.C2H4O.2C2H6/c1-13(19(20)23)10-14-6-8-15(9-7-14)11-18(22)16-4-3-5-17(12-16)21-2;1-8-7-5-3-2-4-6-7;1-2-4-5-3-1;2*1-2-3;2*1-2/h3-9,12-13,21H,10-11H2,1-2H3,(H2,20,23);2-6H,1H3;5H,1-4H2;2H,1,3H2;2H,1H3;2*1-2H3. The number of hydrogen-bond acceptors (Lipinski definition) is 7. The zero-order valence-corrected chi connectivity index (χ0v) is 30.3. The van der Waals surface area contributed by atoms with Gasteiger partial charge in [0.25, 0.3) is 0 Å². The van der Waals surface area contributed by atoms with Crippen LogP contribution in [-0.4, -0.2) is 44.4 Å². The quantitative estimate of drug-likeness (QED) is 0.111. The Balaban J connectivity index is -0.000000651. The van der Waals surface area contributed by atoms with E-state index in [1.54, 1.807) is 11.8 Å². The van der Waals surface area contributed by atoms with Gasteiger partial charge in [0.05, 0.1) is 0 Å². The van der Waals surface area contributed by atoms with Crippen molar-refractivity contribution in [1.82, 2.24) is 5.32 Å². The van der Waals surface area contributed by atoms with Gasteiger partial charge in [0, 0.05) is 35.5 Å². The summed E-state index contributed by atoms with van der Waals surface area (Å²) in [5, 5.41) is 6.25. The number of anilines is 1. The van der Waals surface area contributed by atoms with Crippen molar-refractivity contribution >= 4 is 35.4 Å². The number of amides is 1. The summed E-state index contributed by atoms with van der Waals surface area (Å²) in [6.45, 7) is 16.9. The van der Waals surface area contributed by atoms with E-state index in [1.807, 2.05) is 108 Å². The van der Waals surface area contributed by atoms with Gasteiger partial charge in [-0.3, -0.25) is 9.59 Å². The first kappa shape index (κ1) is 46.5. The number of aldehydes is 1. The van der Waals surface area contributed by atoms with E-state index < -0.39 is 0 Å². The van der Waals surface area contributed by atoms with Crippen molar-refractivity contribution in [3.05, 3.63) is 108 Å². The number of carbonyl (C=O) groups excluding carboxylic acids is 3. The second-order valence-corrected chi connectivity index (χ2v) is 10.1. The van der Waals surface area contributed by atoms with Crippen LogP contribution >= 0.6 is 11.8 Å². The van der Waals surface area contributed by atoms with Crippen molar-refractivity contribution in [1.29, 1.82) is 0 Å². The first-order valence-corrected chi connectivity index (χ1v) is 17.2. The van der Waals surface area contributed by atoms with Crippen molar-refractivity contribution in [3.8, 4) is 0 Å². The molecule has 7 nitrogen and oxygen atoms in total. The second-order valence-electron chi connectivity index (χ2n) is 9.20. The summed E-state index contributed by atoms with van der Waals surface area (Å²) in [6, 6.07) is 25.6. The number of hydrogen-bond donors (Lipinski definition) is 4. The minimum absolute atomic E-state index is 0.0837. The number of thioether (sulfide) groups is 1. The average molecular weight is 653 g/mol. The molecule has 1 aliphatic heterocycles. The molecular formula is C38H60N4O3S. The van der Waals surface area contributed by atoms with Crippen molar-refractivity contribution in [2.24, 2.45) is 17.4 Å². The van der Waals surface area contributed by atoms with Gasteiger partial charge in [-0.25, -0.2) is 0 Å². The van der Waals surface area contributed by atoms with Crippen LogP contribution in [0.4, 0.5) is 5.69 Å². The van der Waals surface area contributed by atoms with Crippen LogP contribution in [0.5, 0.6) is 0 Å². The van der Waals surface area contributed by atoms with Crippen molar-refractivity contribution in [2.75, 3.05) is 31.7 Å². The number of rotatable bonds is 8. The summed E-state index contributed by atoms with van der Waals surface area (Å²) < 4.78 is 0. The molecule has 1 unspecified atom stereocenters. The molecule has 46 heavy (non-hydrogen) atoms. The van der Waals surface area contributed by atoms with Crippen LogP contribution in [0.25, 0.3) is 0 Å². The minimum atomic E-state index is -0.298. The Morgan fingerprint density at radius 1 is 0.935 bits per heavy atom. The van der Waals surface area contributed by atoms with Crippen molar-refractivity contribution in [3.63, 3.8) is 0 Å². The predicted molar refractivity (Wildman–Crippen MR) is 202 cm³/mol. The molecule has 256 valence electrons. The van der Waals surface area contributed by atoms with E-state index in [0.29, 0.717) is 18.4 Å². The SMILES string of the molecule is C1CCNC1.C=CN.CC.CC.CC=O.CNc1cccc(C(=O)Cc2ccc(CC(C)C(N)=O)cc2)c1.CSc1ccccc1. The Morgan fingerprint density at radius 3 is 1.83 bits per heavy atom. The highest BCUT2D eigenvalue weighted by Gasteiger charge is 2.11. The summed E-state index contributed by atoms with van der Waals surface area (Å²) in [6.07, 6.45) is 7.84. The van der Waals surface area contributed by atoms with Crippen LogP contribution in [0.1, 0.15) is 75.9 Å². The van der Waals surface area contributed by atoms with Gasteiger partial charge >= 0.3 is 0 Å². The zero-order valence-electron chi connectivity index (χ0n) is 29.5. The molecule has 3 aromatic rings. The van der Waals surface area contributed by atoms with Crippen LogP contribution in [0.3, 0.4) is 0 Å². The molecule has 8 heteroatoms. The number of benzene rings is 3. The molecule has 1 heterocycles. The molecule has 1 saturated heterocycles. The average Bonchev–Trinajstić information content (AvgIpc) is 3.70. The van der Waals surface area contributed by atoms with E-state index in [9.17, 15) is 9.59 Å². The fraction of sp³-hybridized carbons (Fsp3) is 0.395. The molecule has 0 radical (unpaired) electrons. The summed E-state index contributed by atoms with van der Waals surface area (Å²) in [7, 11) is 1.83. The summed E-state index contributed by atoms with van der Waals surface area (Å²) >= 11 is 1.77. The second kappa shape index (κ2) is 34.0. The smallest absolute Gasteiger partial charge is 0.220 e. The minimum Gasteiger partial charge on any atom is -0.405 e. The molecule has 0 spiro atoms. The Labute approximate surface area is 284 Å². The van der Waals surface area contributed by atoms with E-state index in [0.717, 1.165) is 23.1 Å². The molecule has 3 aromatic carbocycles. The molecule has 1 aliphatic rings. The molecule has 6 N–H and O–H groups in total. The lowest BCUT2D eigenvalue weighted by molar-refractivity contribution is -0.121. The summed E-state index contributed by atoms with van der Waals surface area (Å²) in [4.78, 5) is 33.6. The number of ketones is 1. The van der Waals surface area contributed by atoms with Crippen LogP contribution < -0.4 is 22.1 Å². The van der Waals surface area contributed by atoms with Gasteiger partial charge in [-0.15, -0.1) is 11.8 Å². The molecule has 4 rings (SSSR count). The topological polar surface area (TPSA) is 127 Å². The lowest BCUT2D eigenvalue weighted by atomic mass is 9.97. The van der Waals surface area contributed by atoms with Crippen LogP contribution in [0, 0.1) is 5.92 Å². The number of nitrogens with two attached hydrogens (primary N) is 2. The highest BCUT2D eigenvalue weighted by atomic mass is 32.2. The Morgan fingerprint density at radius 2 is 1.43 bits per heavy atom. The van der Waals surface area contributed by atoms with Crippen LogP contribution in [0.15, 0.2) is 96.5 Å². The fourth-order valence-corrected chi connectivity index (χ4v) is 3.99. The maximum atomic E-state index is 12.3. The van der Waals surface area contributed by atoms with E-state index in [2.05, 4.69) is 41.3 Å². The highest BCUT2D eigenvalue weighted by molar-refractivity contribution is 7.98. The van der Waals surface area contributed by atoms with E-state index >= 15 is 0 Å². The number of Topliss-reactive ketones (excluding diaryl/α,β-unsaturated/α-hetero) is 1. The first-order chi connectivity index (χ1) is 22.3. The summed E-state index contributed by atoms with van der Waals surface area (Å²) in [5.74, 6) is -0.402. The van der Waals surface area contributed by atoms with Crippen molar-refractivity contribution < 1.29 is 14.4 Å². The highest BCUT2D eigenvalue weighted by Crippen LogP contribution is 2.15. The molecule has 1 amide bonds. The lowest BCUT2D eigenvalue weighted by Gasteiger charge is -2.08. The van der Waals surface area contributed by atoms with E-state index in [-0.39, 0.29) is 17.6 Å². The number of carbonyl (C=O) groups is 3. The normalized spacial score (nSPS) is 10.9. The lowest BCUT2D eigenvalue weighted by Crippen LogP contribution is -2.22. The summed E-state index contributed by atoms with van der Waals surface area (Å²) in [5.41, 5.74) is 13.5. The van der Waals surface area contributed by atoms with Crippen LogP contribution in [-0.2, 0) is 22.4 Å². The number of nitrogens with one attached hydrogen (secondary N) is 2. The largest absolute Gasteiger partial charge is 0.405 e.